The Balaban J connectivity index is 2.39. The van der Waals surface area contributed by atoms with E-state index in [9.17, 15) is 10.1 Å². The standard InChI is InChI=1S/C18H19N5O/c1-3-4-5-8-22-16(20)13(10-19)9-14-17(22)21-15-7-6-12(2)11-23(15)18(14)24/h6-7,9,11,20H,3-5,8H2,1-2H3. The van der Waals surface area contributed by atoms with Gasteiger partial charge in [-0.3, -0.25) is 14.6 Å². The average molecular weight is 321 g/mol. The summed E-state index contributed by atoms with van der Waals surface area (Å²) < 4.78 is 3.18. The highest BCUT2D eigenvalue weighted by molar-refractivity contribution is 5.77. The molecular weight excluding hydrogens is 302 g/mol. The van der Waals surface area contributed by atoms with E-state index in [-0.39, 0.29) is 16.6 Å². The second-order valence-electron chi connectivity index (χ2n) is 5.97. The van der Waals surface area contributed by atoms with Gasteiger partial charge in [-0.05, 0) is 31.0 Å². The number of nitriles is 1. The lowest BCUT2D eigenvalue weighted by molar-refractivity contribution is 0.589. The number of rotatable bonds is 4. The van der Waals surface area contributed by atoms with E-state index < -0.39 is 0 Å². The topological polar surface area (TPSA) is 86.9 Å². The molecule has 0 saturated carbocycles. The van der Waals surface area contributed by atoms with Crippen LogP contribution in [-0.4, -0.2) is 14.0 Å². The Morgan fingerprint density at radius 3 is 2.83 bits per heavy atom. The Morgan fingerprint density at radius 2 is 2.12 bits per heavy atom. The maximum atomic E-state index is 12.8. The average Bonchev–Trinajstić information content (AvgIpc) is 2.58. The Labute approximate surface area is 139 Å². The minimum Gasteiger partial charge on any atom is -0.310 e. The van der Waals surface area contributed by atoms with Crippen molar-refractivity contribution in [3.05, 3.63) is 51.4 Å². The highest BCUT2D eigenvalue weighted by Gasteiger charge is 2.13. The van der Waals surface area contributed by atoms with E-state index in [2.05, 4.69) is 11.9 Å². The van der Waals surface area contributed by atoms with Gasteiger partial charge in [0.25, 0.3) is 5.56 Å². The first kappa shape index (κ1) is 15.9. The second kappa shape index (κ2) is 6.28. The van der Waals surface area contributed by atoms with Crippen LogP contribution >= 0.6 is 0 Å². The van der Waals surface area contributed by atoms with Crippen molar-refractivity contribution in [2.24, 2.45) is 0 Å². The Morgan fingerprint density at radius 1 is 1.33 bits per heavy atom. The lowest BCUT2D eigenvalue weighted by Crippen LogP contribution is -2.27. The minimum atomic E-state index is -0.209. The maximum absolute atomic E-state index is 12.8. The summed E-state index contributed by atoms with van der Waals surface area (Å²) in [5.41, 5.74) is 2.09. The van der Waals surface area contributed by atoms with Gasteiger partial charge in [0.1, 0.15) is 22.9 Å². The lowest BCUT2D eigenvalue weighted by Gasteiger charge is -2.12. The van der Waals surface area contributed by atoms with Crippen molar-refractivity contribution in [1.29, 1.82) is 10.7 Å². The fourth-order valence-corrected chi connectivity index (χ4v) is 2.87. The molecule has 0 spiro atoms. The fourth-order valence-electron chi connectivity index (χ4n) is 2.87. The molecule has 0 bridgehead atoms. The van der Waals surface area contributed by atoms with Crippen LogP contribution in [0.15, 0.2) is 29.2 Å². The number of hydrogen-bond acceptors (Lipinski definition) is 4. The molecule has 3 aromatic heterocycles. The van der Waals surface area contributed by atoms with E-state index in [0.717, 1.165) is 24.8 Å². The molecule has 0 aliphatic heterocycles. The van der Waals surface area contributed by atoms with Gasteiger partial charge in [-0.15, -0.1) is 0 Å². The van der Waals surface area contributed by atoms with E-state index in [0.29, 0.717) is 23.2 Å². The quantitative estimate of drug-likeness (QED) is 0.591. The van der Waals surface area contributed by atoms with Gasteiger partial charge in [0.2, 0.25) is 0 Å². The van der Waals surface area contributed by atoms with Crippen LogP contribution < -0.4 is 11.0 Å². The van der Waals surface area contributed by atoms with Crippen molar-refractivity contribution in [2.45, 2.75) is 39.7 Å². The van der Waals surface area contributed by atoms with E-state index in [1.807, 2.05) is 19.1 Å². The van der Waals surface area contributed by atoms with Crippen molar-refractivity contribution < 1.29 is 0 Å². The first-order valence-corrected chi connectivity index (χ1v) is 8.08. The third-order valence-electron chi connectivity index (χ3n) is 4.16. The Hall–Kier alpha value is -2.94. The number of nitrogens with one attached hydrogen (secondary N) is 1. The highest BCUT2D eigenvalue weighted by atomic mass is 16.1. The van der Waals surface area contributed by atoms with Gasteiger partial charge in [-0.25, -0.2) is 4.98 Å². The van der Waals surface area contributed by atoms with Crippen LogP contribution in [0.4, 0.5) is 0 Å². The first-order valence-electron chi connectivity index (χ1n) is 8.08. The zero-order valence-corrected chi connectivity index (χ0v) is 13.8. The summed E-state index contributed by atoms with van der Waals surface area (Å²) in [6, 6.07) is 7.21. The predicted molar refractivity (Wildman–Crippen MR) is 91.8 cm³/mol. The van der Waals surface area contributed by atoms with Crippen molar-refractivity contribution in [3.8, 4) is 6.07 Å². The van der Waals surface area contributed by atoms with Gasteiger partial charge >= 0.3 is 0 Å². The van der Waals surface area contributed by atoms with Crippen LogP contribution in [-0.2, 0) is 6.54 Å². The van der Waals surface area contributed by atoms with E-state index in [1.54, 1.807) is 16.8 Å². The summed E-state index contributed by atoms with van der Waals surface area (Å²) in [4.78, 5) is 17.4. The molecule has 0 unspecified atom stereocenters. The number of fused-ring (bicyclic) bond motifs is 2. The Bertz CT molecular complexity index is 1080. The van der Waals surface area contributed by atoms with E-state index in [4.69, 9.17) is 5.41 Å². The molecule has 3 rings (SSSR count). The predicted octanol–water partition coefficient (Wildman–Crippen LogP) is 2.50. The van der Waals surface area contributed by atoms with Crippen molar-refractivity contribution in [1.82, 2.24) is 14.0 Å². The maximum Gasteiger partial charge on any atom is 0.267 e. The van der Waals surface area contributed by atoms with Gasteiger partial charge in [-0.2, -0.15) is 5.26 Å². The van der Waals surface area contributed by atoms with Gasteiger partial charge in [0.05, 0.1) is 10.9 Å². The normalized spacial score (nSPS) is 11.0. The van der Waals surface area contributed by atoms with E-state index in [1.165, 1.54) is 10.5 Å². The van der Waals surface area contributed by atoms with Crippen LogP contribution in [0.2, 0.25) is 0 Å². The van der Waals surface area contributed by atoms with Gasteiger partial charge < -0.3 is 4.57 Å². The molecule has 0 amide bonds. The third-order valence-corrected chi connectivity index (χ3v) is 4.16. The highest BCUT2D eigenvalue weighted by Crippen LogP contribution is 2.11. The SMILES string of the molecule is CCCCCn1c(=N)c(C#N)cc2c(=O)n3cc(C)ccc3nc21. The first-order chi connectivity index (χ1) is 11.6. The van der Waals surface area contributed by atoms with Crippen LogP contribution in [0.3, 0.4) is 0 Å². The summed E-state index contributed by atoms with van der Waals surface area (Å²) in [6.45, 7) is 4.60. The van der Waals surface area contributed by atoms with Crippen molar-refractivity contribution in [3.63, 3.8) is 0 Å². The van der Waals surface area contributed by atoms with E-state index >= 15 is 0 Å². The van der Waals surface area contributed by atoms with Crippen molar-refractivity contribution >= 4 is 16.7 Å². The van der Waals surface area contributed by atoms with Crippen LogP contribution in [0.1, 0.15) is 37.3 Å². The van der Waals surface area contributed by atoms with Crippen LogP contribution in [0.5, 0.6) is 0 Å². The molecule has 0 saturated heterocycles. The molecular formula is C18H19N5O. The summed E-state index contributed by atoms with van der Waals surface area (Å²) in [7, 11) is 0. The summed E-state index contributed by atoms with van der Waals surface area (Å²) in [6.07, 6.45) is 4.71. The molecule has 1 N–H and O–H groups in total. The molecule has 0 radical (unpaired) electrons. The molecule has 3 heterocycles. The van der Waals surface area contributed by atoms with Crippen molar-refractivity contribution in [2.75, 3.05) is 0 Å². The molecule has 6 heteroatoms. The lowest BCUT2D eigenvalue weighted by atomic mass is 10.2. The molecule has 122 valence electrons. The summed E-state index contributed by atoms with van der Waals surface area (Å²) >= 11 is 0. The molecule has 0 fully saturated rings. The number of pyridine rings is 2. The number of nitrogens with zero attached hydrogens (tertiary/aromatic N) is 4. The summed E-state index contributed by atoms with van der Waals surface area (Å²) in [5, 5.41) is 18.0. The van der Waals surface area contributed by atoms with Crippen LogP contribution in [0, 0.1) is 23.7 Å². The minimum absolute atomic E-state index is 0.115. The monoisotopic (exact) mass is 321 g/mol. The second-order valence-corrected chi connectivity index (χ2v) is 5.97. The molecule has 6 nitrogen and oxygen atoms in total. The van der Waals surface area contributed by atoms with Gasteiger partial charge in [0, 0.05) is 12.7 Å². The number of aromatic nitrogens is 3. The smallest absolute Gasteiger partial charge is 0.267 e. The molecule has 0 aromatic carbocycles. The van der Waals surface area contributed by atoms with Gasteiger partial charge in [0.15, 0.2) is 0 Å². The molecule has 0 aliphatic carbocycles. The zero-order valence-electron chi connectivity index (χ0n) is 13.8. The number of unbranched alkanes of at least 4 members (excludes halogenated alkanes) is 2. The molecule has 24 heavy (non-hydrogen) atoms. The molecule has 0 aliphatic rings. The Kier molecular flexibility index (Phi) is 4.17. The summed E-state index contributed by atoms with van der Waals surface area (Å²) in [5.74, 6) is 0. The molecule has 0 atom stereocenters. The fraction of sp³-hybridized carbons (Fsp3) is 0.333. The third kappa shape index (κ3) is 2.58. The number of aryl methyl sites for hydroxylation is 2. The largest absolute Gasteiger partial charge is 0.310 e. The number of hydrogen-bond donors (Lipinski definition) is 1. The molecule has 3 aromatic rings. The zero-order chi connectivity index (χ0) is 17.3. The van der Waals surface area contributed by atoms with Crippen LogP contribution in [0.25, 0.3) is 16.7 Å². The van der Waals surface area contributed by atoms with Gasteiger partial charge in [-0.1, -0.05) is 25.8 Å².